The molecular weight excluding hydrogens is 401 g/mol. The summed E-state index contributed by atoms with van der Waals surface area (Å²) >= 11 is 7.59. The molecule has 144 valence electrons. The van der Waals surface area contributed by atoms with Crippen molar-refractivity contribution in [1.82, 2.24) is 9.88 Å². The van der Waals surface area contributed by atoms with Crippen LogP contribution in [-0.2, 0) is 0 Å². The minimum atomic E-state index is -0.0156. The highest BCUT2D eigenvalue weighted by Gasteiger charge is 2.23. The molecule has 0 saturated carbocycles. The van der Waals surface area contributed by atoms with E-state index in [1.165, 1.54) is 11.3 Å². The fourth-order valence-corrected chi connectivity index (χ4v) is 3.96. The molecule has 0 fully saturated rings. The zero-order valence-corrected chi connectivity index (χ0v) is 18.2. The molecular formula is C20H23Cl2N3OS. The minimum Gasteiger partial charge on any atom is -0.308 e. The largest absolute Gasteiger partial charge is 0.308 e. The first-order valence-electron chi connectivity index (χ1n) is 8.45. The Balaban J connectivity index is 0.00000261. The molecule has 0 aliphatic rings. The second kappa shape index (κ2) is 9.02. The van der Waals surface area contributed by atoms with Gasteiger partial charge < -0.3 is 4.90 Å². The number of amides is 1. The molecule has 3 rings (SSSR count). The molecule has 0 radical (unpaired) electrons. The van der Waals surface area contributed by atoms with E-state index in [1.807, 2.05) is 64.3 Å². The Morgan fingerprint density at radius 1 is 1.11 bits per heavy atom. The first kappa shape index (κ1) is 21.6. The summed E-state index contributed by atoms with van der Waals surface area (Å²) in [4.78, 5) is 21.8. The highest BCUT2D eigenvalue weighted by Crippen LogP contribution is 2.31. The summed E-state index contributed by atoms with van der Waals surface area (Å²) in [6.45, 7) is 5.30. The average molecular weight is 424 g/mol. The molecule has 1 amide bonds. The van der Waals surface area contributed by atoms with Gasteiger partial charge in [-0.15, -0.1) is 12.4 Å². The lowest BCUT2D eigenvalue weighted by molar-refractivity contribution is 0.0984. The first-order chi connectivity index (χ1) is 12.3. The van der Waals surface area contributed by atoms with Gasteiger partial charge >= 0.3 is 0 Å². The van der Waals surface area contributed by atoms with Crippen molar-refractivity contribution < 1.29 is 4.79 Å². The number of thiazole rings is 1. The minimum absolute atomic E-state index is 0. The first-order valence-corrected chi connectivity index (χ1v) is 9.64. The van der Waals surface area contributed by atoms with E-state index in [2.05, 4.69) is 9.88 Å². The highest BCUT2D eigenvalue weighted by molar-refractivity contribution is 7.22. The van der Waals surface area contributed by atoms with Crippen LogP contribution in [0.2, 0.25) is 5.02 Å². The number of carbonyl (C=O) groups excluding carboxylic acids is 1. The maximum atomic E-state index is 13.3. The Hall–Kier alpha value is -1.66. The number of hydrogen-bond acceptors (Lipinski definition) is 4. The van der Waals surface area contributed by atoms with Crippen molar-refractivity contribution in [3.63, 3.8) is 0 Å². The van der Waals surface area contributed by atoms with Crippen molar-refractivity contribution in [3.8, 4) is 0 Å². The topological polar surface area (TPSA) is 36.4 Å². The van der Waals surface area contributed by atoms with Gasteiger partial charge in [-0.25, -0.2) is 4.98 Å². The molecule has 0 aliphatic heterocycles. The van der Waals surface area contributed by atoms with Crippen molar-refractivity contribution in [2.45, 2.75) is 13.8 Å². The summed E-state index contributed by atoms with van der Waals surface area (Å²) in [7, 11) is 4.00. The summed E-state index contributed by atoms with van der Waals surface area (Å²) in [5.41, 5.74) is 3.63. The maximum absolute atomic E-state index is 13.3. The Labute approximate surface area is 175 Å². The molecule has 2 aromatic carbocycles. The molecule has 1 aromatic heterocycles. The fraction of sp³-hybridized carbons (Fsp3) is 0.300. The lowest BCUT2D eigenvalue weighted by Crippen LogP contribution is -2.37. The third kappa shape index (κ3) is 4.99. The average Bonchev–Trinajstić information content (AvgIpc) is 2.99. The third-order valence-electron chi connectivity index (χ3n) is 4.21. The summed E-state index contributed by atoms with van der Waals surface area (Å²) in [6.07, 6.45) is 0. The smallest absolute Gasteiger partial charge is 0.260 e. The Kier molecular flexibility index (Phi) is 7.23. The van der Waals surface area contributed by atoms with Gasteiger partial charge in [0.05, 0.1) is 10.2 Å². The number of hydrogen-bond donors (Lipinski definition) is 0. The van der Waals surface area contributed by atoms with Crippen LogP contribution in [0.3, 0.4) is 0 Å². The standard InChI is InChI=1S/C20H22ClN3OS.ClH/c1-13-5-6-14(2)16(11-13)19(25)24(10-9-23(3)4)20-22-17-8-7-15(21)12-18(17)26-20;/h5-8,11-12H,9-10H2,1-4H3;1H. The van der Waals surface area contributed by atoms with Gasteiger partial charge in [0, 0.05) is 23.7 Å². The van der Waals surface area contributed by atoms with Crippen molar-refractivity contribution in [3.05, 3.63) is 58.1 Å². The number of benzene rings is 2. The number of nitrogens with zero attached hydrogens (tertiary/aromatic N) is 3. The number of aryl methyl sites for hydroxylation is 2. The fourth-order valence-electron chi connectivity index (χ4n) is 2.70. The monoisotopic (exact) mass is 423 g/mol. The second-order valence-electron chi connectivity index (χ2n) is 6.69. The van der Waals surface area contributed by atoms with Gasteiger partial charge in [-0.1, -0.05) is 40.6 Å². The molecule has 4 nitrogen and oxygen atoms in total. The number of rotatable bonds is 5. The molecule has 3 aromatic rings. The number of carbonyl (C=O) groups is 1. The predicted octanol–water partition coefficient (Wildman–Crippen LogP) is 5.20. The van der Waals surface area contributed by atoms with Crippen LogP contribution in [-0.4, -0.2) is 43.0 Å². The van der Waals surface area contributed by atoms with Crippen LogP contribution in [0.1, 0.15) is 21.5 Å². The SMILES string of the molecule is Cc1ccc(C)c(C(=O)N(CCN(C)C)c2nc3ccc(Cl)cc3s2)c1.Cl. The number of anilines is 1. The third-order valence-corrected chi connectivity index (χ3v) is 5.49. The lowest BCUT2D eigenvalue weighted by Gasteiger charge is -2.23. The summed E-state index contributed by atoms with van der Waals surface area (Å²) in [5.74, 6) is -0.0156. The lowest BCUT2D eigenvalue weighted by atomic mass is 10.0. The van der Waals surface area contributed by atoms with E-state index in [9.17, 15) is 4.79 Å². The molecule has 0 bridgehead atoms. The van der Waals surface area contributed by atoms with Crippen LogP contribution in [0.15, 0.2) is 36.4 Å². The molecule has 27 heavy (non-hydrogen) atoms. The van der Waals surface area contributed by atoms with E-state index in [4.69, 9.17) is 11.6 Å². The van der Waals surface area contributed by atoms with Gasteiger partial charge in [0.15, 0.2) is 5.13 Å². The van der Waals surface area contributed by atoms with Gasteiger partial charge in [0.1, 0.15) is 0 Å². The summed E-state index contributed by atoms with van der Waals surface area (Å²) in [5, 5.41) is 1.38. The van der Waals surface area contributed by atoms with E-state index < -0.39 is 0 Å². The molecule has 0 spiro atoms. The second-order valence-corrected chi connectivity index (χ2v) is 8.13. The van der Waals surface area contributed by atoms with Gasteiger partial charge in [-0.2, -0.15) is 0 Å². The van der Waals surface area contributed by atoms with Gasteiger partial charge in [-0.05, 0) is 57.8 Å². The van der Waals surface area contributed by atoms with Gasteiger partial charge in [0.25, 0.3) is 5.91 Å². The zero-order valence-electron chi connectivity index (χ0n) is 15.8. The van der Waals surface area contributed by atoms with Crippen LogP contribution in [0.5, 0.6) is 0 Å². The maximum Gasteiger partial charge on any atom is 0.260 e. The molecule has 0 atom stereocenters. The zero-order chi connectivity index (χ0) is 18.8. The summed E-state index contributed by atoms with van der Waals surface area (Å²) < 4.78 is 0.983. The highest BCUT2D eigenvalue weighted by atomic mass is 35.5. The van der Waals surface area contributed by atoms with Crippen LogP contribution >= 0.6 is 35.3 Å². The van der Waals surface area contributed by atoms with Crippen LogP contribution in [0, 0.1) is 13.8 Å². The molecule has 7 heteroatoms. The predicted molar refractivity (Wildman–Crippen MR) is 118 cm³/mol. The number of likely N-dealkylation sites (N-methyl/N-ethyl adjacent to an activating group) is 1. The normalized spacial score (nSPS) is 10.9. The number of fused-ring (bicyclic) bond motifs is 1. The quantitative estimate of drug-likeness (QED) is 0.565. The Bertz CT molecular complexity index is 956. The van der Waals surface area contributed by atoms with Crippen molar-refractivity contribution >= 4 is 56.6 Å². The molecule has 0 aliphatic carbocycles. The van der Waals surface area contributed by atoms with Gasteiger partial charge in [0.2, 0.25) is 0 Å². The van der Waals surface area contributed by atoms with Crippen LogP contribution < -0.4 is 4.90 Å². The molecule has 0 unspecified atom stereocenters. The van der Waals surface area contributed by atoms with E-state index in [1.54, 1.807) is 4.90 Å². The van der Waals surface area contributed by atoms with E-state index in [-0.39, 0.29) is 18.3 Å². The molecule has 1 heterocycles. The van der Waals surface area contributed by atoms with Crippen molar-refractivity contribution in [1.29, 1.82) is 0 Å². The van der Waals surface area contributed by atoms with Crippen molar-refractivity contribution in [2.75, 3.05) is 32.1 Å². The van der Waals surface area contributed by atoms with E-state index >= 15 is 0 Å². The number of halogens is 2. The van der Waals surface area contributed by atoms with Crippen LogP contribution in [0.25, 0.3) is 10.2 Å². The van der Waals surface area contributed by atoms with E-state index in [0.717, 1.165) is 33.5 Å². The summed E-state index contributed by atoms with van der Waals surface area (Å²) in [6, 6.07) is 11.6. The van der Waals surface area contributed by atoms with Gasteiger partial charge in [-0.3, -0.25) is 9.69 Å². The van der Waals surface area contributed by atoms with E-state index in [0.29, 0.717) is 16.7 Å². The Morgan fingerprint density at radius 3 is 2.56 bits per heavy atom. The Morgan fingerprint density at radius 2 is 1.85 bits per heavy atom. The molecule has 0 saturated heterocycles. The van der Waals surface area contributed by atoms with Crippen molar-refractivity contribution in [2.24, 2.45) is 0 Å². The number of aromatic nitrogens is 1. The van der Waals surface area contributed by atoms with Crippen LogP contribution in [0.4, 0.5) is 5.13 Å². The molecule has 0 N–H and O–H groups in total.